The Balaban J connectivity index is 1.37. The topological polar surface area (TPSA) is 88.2 Å². The third-order valence-corrected chi connectivity index (χ3v) is 9.19. The van der Waals surface area contributed by atoms with Gasteiger partial charge in [0.05, 0.1) is 12.8 Å². The molecule has 8 heteroatoms. The van der Waals surface area contributed by atoms with E-state index in [-0.39, 0.29) is 24.0 Å². The highest BCUT2D eigenvalue weighted by atomic mass is 16.5. The van der Waals surface area contributed by atoms with Gasteiger partial charge in [0.2, 0.25) is 0 Å². The summed E-state index contributed by atoms with van der Waals surface area (Å²) in [7, 11) is 1.52. The zero-order chi connectivity index (χ0) is 32.5. The van der Waals surface area contributed by atoms with Gasteiger partial charge in [-0.05, 0) is 65.4 Å². The third kappa shape index (κ3) is 5.50. The average molecular weight is 624 g/mol. The van der Waals surface area contributed by atoms with Crippen LogP contribution in [0.5, 0.6) is 11.5 Å². The molecule has 7 rings (SSSR count). The van der Waals surface area contributed by atoms with E-state index in [9.17, 15) is 14.4 Å². The van der Waals surface area contributed by atoms with E-state index in [4.69, 9.17) is 15.9 Å². The van der Waals surface area contributed by atoms with Crippen molar-refractivity contribution in [1.82, 2.24) is 5.32 Å². The van der Waals surface area contributed by atoms with E-state index in [1.54, 1.807) is 18.2 Å². The summed E-state index contributed by atoms with van der Waals surface area (Å²) in [6.07, 6.45) is 8.64. The summed E-state index contributed by atoms with van der Waals surface area (Å²) >= 11 is 0. The fraction of sp³-hybridized carbons (Fsp3) is 0.205. The van der Waals surface area contributed by atoms with Crippen molar-refractivity contribution in [3.8, 4) is 23.8 Å². The summed E-state index contributed by atoms with van der Waals surface area (Å²) in [5, 5.41) is 2.39. The molecule has 8 nitrogen and oxygen atoms in total. The van der Waals surface area contributed by atoms with Crippen LogP contribution >= 0.6 is 0 Å². The third-order valence-electron chi connectivity index (χ3n) is 9.19. The number of hydrogen-bond donors (Lipinski definition) is 1. The highest BCUT2D eigenvalue weighted by Crippen LogP contribution is 2.50. The molecule has 2 atom stereocenters. The van der Waals surface area contributed by atoms with Crippen LogP contribution in [-0.2, 0) is 9.59 Å². The number of nitrogens with one attached hydrogen (secondary N) is 1. The largest absolute Gasteiger partial charge is 0.497 e. The fourth-order valence-corrected chi connectivity index (χ4v) is 7.02. The number of carbonyl (C=O) groups is 3. The lowest BCUT2D eigenvalue weighted by Crippen LogP contribution is -2.54. The monoisotopic (exact) mass is 623 g/mol. The highest BCUT2D eigenvalue weighted by molar-refractivity contribution is 6.39. The molecule has 3 aliphatic heterocycles. The molecule has 47 heavy (non-hydrogen) atoms. The first-order valence-corrected chi connectivity index (χ1v) is 15.6. The van der Waals surface area contributed by atoms with Gasteiger partial charge in [-0.3, -0.25) is 14.9 Å². The van der Waals surface area contributed by atoms with Crippen LogP contribution in [-0.4, -0.2) is 44.7 Å². The van der Waals surface area contributed by atoms with Crippen molar-refractivity contribution >= 4 is 35.3 Å². The Morgan fingerprint density at radius 1 is 0.872 bits per heavy atom. The summed E-state index contributed by atoms with van der Waals surface area (Å²) in [5.74, 6) is 1.93. The molecule has 0 bridgehead atoms. The Hall–Kier alpha value is -5.81. The quantitative estimate of drug-likeness (QED) is 0.149. The van der Waals surface area contributed by atoms with E-state index in [2.05, 4.69) is 40.4 Å². The molecular formula is C39H33N3O5. The fourth-order valence-electron chi connectivity index (χ4n) is 7.02. The molecule has 0 aromatic heterocycles. The predicted octanol–water partition coefficient (Wildman–Crippen LogP) is 6.25. The van der Waals surface area contributed by atoms with Crippen molar-refractivity contribution in [2.24, 2.45) is 0 Å². The molecular weight excluding hydrogens is 590 g/mol. The number of nitrogens with zero attached hydrogens (tertiary/aromatic N) is 2. The van der Waals surface area contributed by atoms with Crippen molar-refractivity contribution in [3.63, 3.8) is 0 Å². The highest BCUT2D eigenvalue weighted by Gasteiger charge is 2.40. The van der Waals surface area contributed by atoms with Crippen LogP contribution in [0, 0.1) is 12.3 Å². The number of anilines is 2. The van der Waals surface area contributed by atoms with Gasteiger partial charge in [0.25, 0.3) is 11.8 Å². The lowest BCUT2D eigenvalue weighted by molar-refractivity contribution is -0.122. The zero-order valence-electron chi connectivity index (χ0n) is 25.9. The summed E-state index contributed by atoms with van der Waals surface area (Å²) in [6, 6.07) is 28.8. The van der Waals surface area contributed by atoms with E-state index >= 15 is 0 Å². The smallest absolute Gasteiger partial charge is 0.335 e. The molecule has 0 radical (unpaired) electrons. The molecule has 0 unspecified atom stereocenters. The number of rotatable bonds is 7. The number of ether oxygens (including phenoxy) is 2. The van der Waals surface area contributed by atoms with Gasteiger partial charge in [0.1, 0.15) is 23.7 Å². The summed E-state index contributed by atoms with van der Waals surface area (Å²) in [4.78, 5) is 44.4. The van der Waals surface area contributed by atoms with Gasteiger partial charge in [-0.15, -0.1) is 6.42 Å². The Kier molecular flexibility index (Phi) is 7.96. The summed E-state index contributed by atoms with van der Waals surface area (Å²) in [5.41, 5.74) is 6.32. The number of terminal acetylenes is 1. The van der Waals surface area contributed by atoms with Crippen molar-refractivity contribution in [1.29, 1.82) is 0 Å². The molecule has 1 saturated heterocycles. The lowest BCUT2D eigenvalue weighted by Gasteiger charge is -2.44. The number of amides is 4. The molecule has 0 spiro atoms. The first-order chi connectivity index (χ1) is 23.0. The second-order valence-corrected chi connectivity index (χ2v) is 11.8. The van der Waals surface area contributed by atoms with Crippen LogP contribution in [0.25, 0.3) is 6.08 Å². The second-order valence-electron chi connectivity index (χ2n) is 11.8. The Morgan fingerprint density at radius 3 is 2.06 bits per heavy atom. The molecule has 0 saturated carbocycles. The van der Waals surface area contributed by atoms with Crippen LogP contribution in [0.3, 0.4) is 0 Å². The van der Waals surface area contributed by atoms with Crippen LogP contribution in [0.2, 0.25) is 0 Å². The van der Waals surface area contributed by atoms with Crippen molar-refractivity contribution < 1.29 is 23.9 Å². The molecule has 0 aliphatic carbocycles. The number of imide groups is 2. The number of methoxy groups -OCH3 is 1. The Morgan fingerprint density at radius 2 is 1.49 bits per heavy atom. The Bertz CT molecular complexity index is 1870. The average Bonchev–Trinajstić information content (AvgIpc) is 3.10. The molecule has 4 aromatic carbocycles. The standard InChI is InChI=1S/C39H33N3O5/c1-3-20-47-35-24-29(46-2)15-14-27(35)21-34-37(43)40-39(45)42(38(34)44)28-22-32-30(25-10-6-4-7-11-25)16-18-41-19-17-31(33(23-28)36(32)41)26-12-8-5-9-13-26/h1,4-15,21-24,30-31H,16-20H2,2H3,(H,40,43,45)/b34-21+/t30-,31-/m0/s1. The first-order valence-electron chi connectivity index (χ1n) is 15.6. The van der Waals surface area contributed by atoms with Gasteiger partial charge in [-0.2, -0.15) is 0 Å². The van der Waals surface area contributed by atoms with E-state index < -0.39 is 17.8 Å². The molecule has 3 heterocycles. The van der Waals surface area contributed by atoms with Gasteiger partial charge in [-0.25, -0.2) is 9.69 Å². The van der Waals surface area contributed by atoms with E-state index in [0.29, 0.717) is 22.7 Å². The van der Waals surface area contributed by atoms with Crippen LogP contribution in [0.4, 0.5) is 16.2 Å². The van der Waals surface area contributed by atoms with Gasteiger partial charge >= 0.3 is 6.03 Å². The number of benzene rings is 4. The van der Waals surface area contributed by atoms with Crippen LogP contribution < -0.4 is 24.6 Å². The summed E-state index contributed by atoms with van der Waals surface area (Å²) in [6.45, 7) is 1.81. The minimum Gasteiger partial charge on any atom is -0.497 e. The molecule has 3 aliphatic rings. The van der Waals surface area contributed by atoms with Gasteiger partial charge in [-0.1, -0.05) is 66.6 Å². The maximum absolute atomic E-state index is 14.2. The van der Waals surface area contributed by atoms with Crippen LogP contribution in [0.15, 0.2) is 96.6 Å². The van der Waals surface area contributed by atoms with Crippen LogP contribution in [0.1, 0.15) is 52.5 Å². The van der Waals surface area contributed by atoms with E-state index in [1.807, 2.05) is 48.5 Å². The minimum absolute atomic E-state index is 0.0197. The molecule has 1 N–H and O–H groups in total. The Labute approximate surface area is 273 Å². The van der Waals surface area contributed by atoms with Crippen molar-refractivity contribution in [2.75, 3.05) is 36.6 Å². The van der Waals surface area contributed by atoms with Crippen molar-refractivity contribution in [3.05, 3.63) is 124 Å². The molecule has 1 fully saturated rings. The zero-order valence-corrected chi connectivity index (χ0v) is 25.9. The maximum Gasteiger partial charge on any atom is 0.335 e. The number of barbiturate groups is 1. The van der Waals surface area contributed by atoms with Gasteiger partial charge < -0.3 is 14.4 Å². The van der Waals surface area contributed by atoms with E-state index in [0.717, 1.165) is 42.0 Å². The lowest BCUT2D eigenvalue weighted by atomic mass is 9.76. The minimum atomic E-state index is -0.793. The number of hydrogen-bond acceptors (Lipinski definition) is 6. The number of carbonyl (C=O) groups excluding carboxylic acids is 3. The SMILES string of the molecule is C#CCOc1cc(OC)ccc1/C=C1\C(=O)NC(=O)N(c2cc3c4c(c2)[C@H](c2ccccc2)CCN4CC[C@H]3c2ccccc2)C1=O. The van der Waals surface area contributed by atoms with Gasteiger partial charge in [0.15, 0.2) is 0 Å². The summed E-state index contributed by atoms with van der Waals surface area (Å²) < 4.78 is 11.0. The number of urea groups is 1. The van der Waals surface area contributed by atoms with Gasteiger partial charge in [0, 0.05) is 42.2 Å². The molecule has 234 valence electrons. The molecule has 4 amide bonds. The van der Waals surface area contributed by atoms with E-state index in [1.165, 1.54) is 30.0 Å². The van der Waals surface area contributed by atoms with Crippen molar-refractivity contribution in [2.45, 2.75) is 24.7 Å². The normalized spacial score (nSPS) is 19.6. The predicted molar refractivity (Wildman–Crippen MR) is 181 cm³/mol. The maximum atomic E-state index is 14.2. The first kappa shape index (κ1) is 29.9. The second kappa shape index (κ2) is 12.5. The molecule has 4 aromatic rings.